The molecule has 10 aromatic heterocycles. The highest BCUT2D eigenvalue weighted by atomic mass is 16.3. The van der Waals surface area contributed by atoms with Gasteiger partial charge in [-0.2, -0.15) is 0 Å². The van der Waals surface area contributed by atoms with Crippen molar-refractivity contribution in [3.05, 3.63) is 293 Å². The number of aliphatic hydroxyl groups is 1. The minimum Gasteiger partial charge on any atom is -0.392 e. The smallest absolute Gasteiger partial charge is 0.263 e. The van der Waals surface area contributed by atoms with Gasteiger partial charge in [-0.1, -0.05) is 152 Å². The normalized spacial score (nSPS) is 18.6. The quantitative estimate of drug-likeness (QED) is 0.0395. The first kappa shape index (κ1) is 84.3. The molecule has 1 aliphatic carbocycles. The summed E-state index contributed by atoms with van der Waals surface area (Å²) in [7, 11) is 1.76. The Morgan fingerprint density at radius 1 is 0.422 bits per heavy atom. The van der Waals surface area contributed by atoms with Crippen LogP contribution in [0, 0.1) is 23.7 Å². The van der Waals surface area contributed by atoms with E-state index in [0.29, 0.717) is 147 Å². The van der Waals surface area contributed by atoms with Gasteiger partial charge in [0.05, 0.1) is 75.1 Å². The van der Waals surface area contributed by atoms with Gasteiger partial charge in [-0.15, -0.1) is 5.10 Å². The Bertz CT molecular complexity index is 7350. The fraction of sp³-hybridized carbons (Fsp3) is 0.316. The second-order valence-electron chi connectivity index (χ2n) is 35.5. The molecule has 0 fully saturated rings. The largest absolute Gasteiger partial charge is 0.392 e. The van der Waals surface area contributed by atoms with Crippen molar-refractivity contribution in [3.8, 4) is 11.4 Å². The molecule has 0 radical (unpaired) electrons. The van der Waals surface area contributed by atoms with Crippen molar-refractivity contribution in [2.45, 2.75) is 168 Å². The fourth-order valence-electron chi connectivity index (χ4n) is 18.9. The lowest BCUT2D eigenvalue weighted by Gasteiger charge is -2.33. The highest BCUT2D eigenvalue weighted by molar-refractivity contribution is 5.92. The predicted octanol–water partition coefficient (Wildman–Crippen LogP) is 13.3. The number of aromatic amines is 3. The number of aliphatic hydroxyl groups excluding tert-OH is 1. The lowest BCUT2D eigenvalue weighted by molar-refractivity contribution is -0.127. The van der Waals surface area contributed by atoms with Crippen molar-refractivity contribution >= 4 is 106 Å². The fourth-order valence-corrected chi connectivity index (χ4v) is 18.9. The van der Waals surface area contributed by atoms with E-state index in [2.05, 4.69) is 135 Å². The van der Waals surface area contributed by atoms with Crippen LogP contribution in [0.4, 0.5) is 0 Å². The summed E-state index contributed by atoms with van der Waals surface area (Å²) in [6, 6.07) is 43.9. The summed E-state index contributed by atoms with van der Waals surface area (Å²) in [6.45, 7) is 16.6. The molecule has 8 N–H and O–H groups in total. The molecule has 6 aromatic carbocycles. The summed E-state index contributed by atoms with van der Waals surface area (Å²) in [6.07, 6.45) is 18.0. The molecule has 5 aliphatic rings. The number of hydrogen-bond acceptors (Lipinski definition) is 18. The van der Waals surface area contributed by atoms with Crippen LogP contribution in [0.1, 0.15) is 193 Å². The molecule has 0 bridgehead atoms. The number of para-hydroxylation sites is 3. The van der Waals surface area contributed by atoms with Crippen molar-refractivity contribution in [1.82, 2.24) is 105 Å². The minimum atomic E-state index is -0.699. The standard InChI is InChI=1S/C26H26N8O2.C25H26N4O3.C24H24N4O2.C23H23N5O2/c1-14(2)10-21-24-28-20-11-15(23-30-31-32-33(23)3)8-9-18(20)26(36)34(24)22(25(35)29-21)12-16-13-27-19-7-5-4-6-17(16)19;1-14(2)9-21-23-27-20-8-7-15(13-30)10-18(20)25(32)29(23)22(24(31)28-21)11-16-12-26-19-6-4-3-5-17(16)19;1-14(2)12-19-22-27-21-18(8-5-11-25-21)24(30)28(22)20(23(29)26-19)13-16-10-9-15-6-3-4-7-17(15)16;1-13(2)9-18-21-26-19-12-24-8-7-16(19)23(30)28(21)20(22(29)27-18)10-14-11-25-17-6-4-3-5-15(14)17/h4-9,11,13-14,21-22,27H,10,12H2,1-3H3,(H,29,35);3-8,10,12,14,21-22,26,30H,9,11,13H2,1-2H3,(H,28,31);3-8,10-11,14,19-20H,9,12-13H2,1-2H3,(H,26,29);3-8,11-13,18,20,25H,9-10H2,1-2H3,(H,27,29)/t2*21-,22+;19-,20+;18-,20+/m0000/s1. The number of nitrogens with one attached hydrogen (secondary N) is 7. The van der Waals surface area contributed by atoms with E-state index in [4.69, 9.17) is 19.9 Å². The number of tetrazole rings is 1. The summed E-state index contributed by atoms with van der Waals surface area (Å²) in [5.41, 5.74) is 12.2. The van der Waals surface area contributed by atoms with Crippen LogP contribution in [-0.4, -0.2) is 112 Å². The molecule has 0 saturated carbocycles. The van der Waals surface area contributed by atoms with Gasteiger partial charge < -0.3 is 41.3 Å². The number of pyridine rings is 2. The molecule has 4 amide bonds. The Labute approximate surface area is 733 Å². The lowest BCUT2D eigenvalue weighted by atomic mass is 9.95. The van der Waals surface area contributed by atoms with E-state index in [9.17, 15) is 43.5 Å². The molecular formula is C98H99N21O9. The number of fused-ring (bicyclic) bond motifs is 12. The number of nitrogens with zero attached hydrogens (tertiary/aromatic N) is 14. The molecule has 8 atom stereocenters. The van der Waals surface area contributed by atoms with Crippen LogP contribution in [-0.2, 0) is 58.5 Å². The van der Waals surface area contributed by atoms with Crippen LogP contribution in [0.5, 0.6) is 0 Å². The van der Waals surface area contributed by atoms with Gasteiger partial charge in [0.1, 0.15) is 47.5 Å². The van der Waals surface area contributed by atoms with Gasteiger partial charge in [0.25, 0.3) is 22.2 Å². The van der Waals surface area contributed by atoms with Crippen LogP contribution in [0.15, 0.2) is 214 Å². The second kappa shape index (κ2) is 35.1. The Balaban J connectivity index is 0.000000116. The Morgan fingerprint density at radius 2 is 0.859 bits per heavy atom. The number of aryl methyl sites for hydroxylation is 1. The van der Waals surface area contributed by atoms with Crippen LogP contribution < -0.4 is 43.5 Å². The number of amides is 4. The van der Waals surface area contributed by atoms with Gasteiger partial charge in [0.15, 0.2) is 11.5 Å². The van der Waals surface area contributed by atoms with Crippen molar-refractivity contribution in [1.29, 1.82) is 0 Å². The zero-order chi connectivity index (χ0) is 89.0. The van der Waals surface area contributed by atoms with Crippen LogP contribution in [0.2, 0.25) is 0 Å². The summed E-state index contributed by atoms with van der Waals surface area (Å²) >= 11 is 0. The monoisotopic (exact) mass is 1710 g/mol. The number of carbonyl (C=O) groups excluding carboxylic acids is 4. The molecule has 21 rings (SSSR count). The third-order valence-corrected chi connectivity index (χ3v) is 24.8. The second-order valence-corrected chi connectivity index (χ2v) is 35.5. The molecule has 30 heteroatoms. The van der Waals surface area contributed by atoms with E-state index in [-0.39, 0.29) is 76.6 Å². The zero-order valence-electron chi connectivity index (χ0n) is 72.4. The predicted molar refractivity (Wildman–Crippen MR) is 490 cm³/mol. The highest BCUT2D eigenvalue weighted by Gasteiger charge is 2.42. The molecule has 0 spiro atoms. The van der Waals surface area contributed by atoms with Gasteiger partial charge in [0.2, 0.25) is 23.6 Å². The van der Waals surface area contributed by atoms with Crippen LogP contribution in [0.25, 0.3) is 93.4 Å². The highest BCUT2D eigenvalue weighted by Crippen LogP contribution is 2.40. The topological polar surface area (TPSA) is 393 Å². The summed E-state index contributed by atoms with van der Waals surface area (Å²) < 4.78 is 8.00. The summed E-state index contributed by atoms with van der Waals surface area (Å²) in [5.74, 6) is 3.70. The average molecular weight is 1720 g/mol. The van der Waals surface area contributed by atoms with Crippen LogP contribution in [0.3, 0.4) is 0 Å². The Kier molecular flexibility index (Phi) is 23.1. The Hall–Kier alpha value is -14.6. The maximum Gasteiger partial charge on any atom is 0.263 e. The van der Waals surface area contributed by atoms with Gasteiger partial charge in [-0.05, 0) is 166 Å². The van der Waals surface area contributed by atoms with Gasteiger partial charge in [-0.3, -0.25) is 61.6 Å². The minimum absolute atomic E-state index is 0.120. The number of H-pyrrole nitrogens is 3. The van der Waals surface area contributed by atoms with E-state index in [1.807, 2.05) is 116 Å². The maximum absolute atomic E-state index is 13.9. The number of hydrogen-bond donors (Lipinski definition) is 8. The molecule has 16 aromatic rings. The number of benzene rings is 6. The van der Waals surface area contributed by atoms with Crippen molar-refractivity contribution in [2.24, 2.45) is 30.7 Å². The number of carbonyl (C=O) groups is 4. The van der Waals surface area contributed by atoms with Crippen molar-refractivity contribution in [3.63, 3.8) is 0 Å². The van der Waals surface area contributed by atoms with Crippen molar-refractivity contribution in [2.75, 3.05) is 0 Å². The van der Waals surface area contributed by atoms with E-state index >= 15 is 0 Å². The molecule has 0 saturated heterocycles. The number of rotatable bonds is 18. The van der Waals surface area contributed by atoms with Gasteiger partial charge in [0, 0.05) is 102 Å². The SMILES string of the molecule is CC(C)C[C@@H]1NC(=O)[C@@H](CC2=CCc3ccccc32)n2c1nc1ncccc1c2=O.CC(C)C[C@@H]1NC(=O)[C@@H](Cc2c[nH]c3ccccc23)n2c1nc1cc(-c3nnnn3C)ccc1c2=O.CC(C)C[C@@H]1NC(=O)[C@@H](Cc2c[nH]c3ccccc23)n2c1nc1ccc(CO)cc1c2=O.CC(C)C[C@@H]1NC(=O)[C@@H](Cc2c[nH]c3ccccc23)n2c1nc1cnccc1c2=O. The van der Waals surface area contributed by atoms with Gasteiger partial charge in [-0.25, -0.2) is 29.6 Å². The average Bonchev–Trinajstić information content (AvgIpc) is 1.14. The molecule has 0 unspecified atom stereocenters. The van der Waals surface area contributed by atoms with E-state index in [1.165, 1.54) is 11.1 Å². The lowest BCUT2D eigenvalue weighted by Crippen LogP contribution is -2.48. The number of aromatic nitrogens is 17. The molecular weight excluding hydrogens is 1620 g/mol. The third-order valence-electron chi connectivity index (χ3n) is 24.8. The molecule has 30 nitrogen and oxygen atoms in total. The van der Waals surface area contributed by atoms with E-state index < -0.39 is 24.2 Å². The maximum atomic E-state index is 13.9. The number of allylic oxidation sites excluding steroid dienone is 2. The first-order chi connectivity index (χ1) is 61.9. The molecule has 14 heterocycles. The van der Waals surface area contributed by atoms with Crippen molar-refractivity contribution < 1.29 is 24.3 Å². The van der Waals surface area contributed by atoms with E-state index in [1.54, 1.807) is 91.1 Å². The molecule has 128 heavy (non-hydrogen) atoms. The summed E-state index contributed by atoms with van der Waals surface area (Å²) in [5, 5.41) is 38.7. The van der Waals surface area contributed by atoms with Gasteiger partial charge >= 0.3 is 0 Å². The summed E-state index contributed by atoms with van der Waals surface area (Å²) in [4.78, 5) is 145. The molecule has 650 valence electrons. The third kappa shape index (κ3) is 16.2. The Morgan fingerprint density at radius 3 is 1.35 bits per heavy atom. The zero-order valence-corrected chi connectivity index (χ0v) is 72.4. The van der Waals surface area contributed by atoms with Crippen LogP contribution >= 0.6 is 0 Å². The first-order valence-electron chi connectivity index (χ1n) is 43.7. The first-order valence-corrected chi connectivity index (χ1v) is 43.7. The van der Waals surface area contributed by atoms with E-state index in [0.717, 1.165) is 73.4 Å². The molecule has 4 aliphatic heterocycles.